The summed E-state index contributed by atoms with van der Waals surface area (Å²) in [6, 6.07) is 0.278. The van der Waals surface area contributed by atoms with Crippen LogP contribution in [0.1, 0.15) is 65.2 Å². The molecule has 2 rings (SSSR count). The molecule has 2 saturated carbocycles. The molecule has 2 fully saturated rings. The Morgan fingerprint density at radius 2 is 1.72 bits per heavy atom. The molecule has 2 heteroatoms. The number of rotatable bonds is 4. The molecule has 0 heterocycles. The van der Waals surface area contributed by atoms with Crippen molar-refractivity contribution in [2.75, 3.05) is 6.61 Å². The first kappa shape index (κ1) is 14.3. The summed E-state index contributed by atoms with van der Waals surface area (Å²) >= 11 is 0. The van der Waals surface area contributed by atoms with Crippen LogP contribution in [0, 0.1) is 17.8 Å². The highest BCUT2D eigenvalue weighted by Gasteiger charge is 2.27. The number of ether oxygens (including phenoxy) is 1. The highest BCUT2D eigenvalue weighted by Crippen LogP contribution is 2.31. The van der Waals surface area contributed by atoms with Gasteiger partial charge >= 0.3 is 0 Å². The zero-order valence-corrected chi connectivity index (χ0v) is 12.2. The minimum Gasteiger partial charge on any atom is -0.377 e. The summed E-state index contributed by atoms with van der Waals surface area (Å²) in [6.07, 6.45) is 11.1. The van der Waals surface area contributed by atoms with Crippen molar-refractivity contribution in [2.45, 2.75) is 77.4 Å². The second-order valence-electron chi connectivity index (χ2n) is 6.78. The van der Waals surface area contributed by atoms with Crippen LogP contribution in [0.5, 0.6) is 0 Å². The zero-order chi connectivity index (χ0) is 13.0. The van der Waals surface area contributed by atoms with Gasteiger partial charge < -0.3 is 10.5 Å². The molecule has 0 aromatic rings. The van der Waals surface area contributed by atoms with E-state index in [1.165, 1.54) is 51.4 Å². The molecule has 4 unspecified atom stereocenters. The molecule has 0 aromatic heterocycles. The standard InChI is InChI=1S/C16H31NO/c1-12-8-9-15(10-13(12)2)18-11-16(17)14-6-4-3-5-7-14/h12-16H,3-11,17H2,1-2H3. The Morgan fingerprint density at radius 1 is 1.00 bits per heavy atom. The minimum absolute atomic E-state index is 0.278. The minimum atomic E-state index is 0.278. The molecule has 0 aliphatic heterocycles. The highest BCUT2D eigenvalue weighted by atomic mass is 16.5. The maximum absolute atomic E-state index is 6.30. The van der Waals surface area contributed by atoms with Crippen molar-refractivity contribution in [3.63, 3.8) is 0 Å². The maximum Gasteiger partial charge on any atom is 0.0623 e. The molecular weight excluding hydrogens is 222 g/mol. The summed E-state index contributed by atoms with van der Waals surface area (Å²) in [5, 5.41) is 0. The number of nitrogens with two attached hydrogens (primary N) is 1. The monoisotopic (exact) mass is 253 g/mol. The second-order valence-corrected chi connectivity index (χ2v) is 6.78. The lowest BCUT2D eigenvalue weighted by Gasteiger charge is -2.34. The van der Waals surface area contributed by atoms with Gasteiger partial charge in [-0.2, -0.15) is 0 Å². The van der Waals surface area contributed by atoms with Crippen LogP contribution in [0.3, 0.4) is 0 Å². The van der Waals surface area contributed by atoms with Gasteiger partial charge in [0.2, 0.25) is 0 Å². The predicted octanol–water partition coefficient (Wildman–Crippen LogP) is 3.74. The molecule has 106 valence electrons. The van der Waals surface area contributed by atoms with Crippen molar-refractivity contribution < 1.29 is 4.74 Å². The van der Waals surface area contributed by atoms with Crippen molar-refractivity contribution in [2.24, 2.45) is 23.5 Å². The summed E-state index contributed by atoms with van der Waals surface area (Å²) in [6.45, 7) is 5.52. The number of hydrogen-bond acceptors (Lipinski definition) is 2. The largest absolute Gasteiger partial charge is 0.377 e. The van der Waals surface area contributed by atoms with E-state index in [2.05, 4.69) is 13.8 Å². The number of hydrogen-bond donors (Lipinski definition) is 1. The van der Waals surface area contributed by atoms with Gasteiger partial charge in [0, 0.05) is 6.04 Å². The van der Waals surface area contributed by atoms with Crippen LogP contribution in [0.4, 0.5) is 0 Å². The van der Waals surface area contributed by atoms with Crippen LogP contribution >= 0.6 is 0 Å². The normalized spacial score (nSPS) is 36.5. The van der Waals surface area contributed by atoms with E-state index in [1.54, 1.807) is 0 Å². The van der Waals surface area contributed by atoms with Gasteiger partial charge in [-0.05, 0) is 49.9 Å². The molecule has 2 nitrogen and oxygen atoms in total. The maximum atomic E-state index is 6.30. The van der Waals surface area contributed by atoms with Crippen LogP contribution < -0.4 is 5.73 Å². The predicted molar refractivity (Wildman–Crippen MR) is 76.5 cm³/mol. The molecule has 0 radical (unpaired) electrons. The summed E-state index contributed by atoms with van der Waals surface area (Å²) < 4.78 is 6.09. The molecule has 0 bridgehead atoms. The van der Waals surface area contributed by atoms with Gasteiger partial charge in [-0.3, -0.25) is 0 Å². The molecule has 0 saturated heterocycles. The molecule has 0 amide bonds. The van der Waals surface area contributed by atoms with Gasteiger partial charge in [0.05, 0.1) is 12.7 Å². The van der Waals surface area contributed by atoms with Gasteiger partial charge in [-0.1, -0.05) is 33.1 Å². The Kier molecular flexibility index (Phi) is 5.50. The summed E-state index contributed by atoms with van der Waals surface area (Å²) in [4.78, 5) is 0. The fourth-order valence-corrected chi connectivity index (χ4v) is 3.60. The molecule has 18 heavy (non-hydrogen) atoms. The topological polar surface area (TPSA) is 35.2 Å². The van der Waals surface area contributed by atoms with E-state index < -0.39 is 0 Å². The third-order valence-electron chi connectivity index (χ3n) is 5.33. The molecular formula is C16H31NO. The average molecular weight is 253 g/mol. The molecule has 2 aliphatic carbocycles. The van der Waals surface area contributed by atoms with Gasteiger partial charge in [0.15, 0.2) is 0 Å². The third kappa shape index (κ3) is 3.96. The van der Waals surface area contributed by atoms with Gasteiger partial charge in [-0.25, -0.2) is 0 Å². The van der Waals surface area contributed by atoms with Gasteiger partial charge in [0.1, 0.15) is 0 Å². The van der Waals surface area contributed by atoms with E-state index in [0.717, 1.165) is 24.4 Å². The fourth-order valence-electron chi connectivity index (χ4n) is 3.60. The lowest BCUT2D eigenvalue weighted by atomic mass is 9.80. The third-order valence-corrected chi connectivity index (χ3v) is 5.33. The van der Waals surface area contributed by atoms with Gasteiger partial charge in [0.25, 0.3) is 0 Å². The molecule has 2 N–H and O–H groups in total. The smallest absolute Gasteiger partial charge is 0.0623 e. The SMILES string of the molecule is CC1CCC(OCC(N)C2CCCCC2)CC1C. The molecule has 0 spiro atoms. The average Bonchev–Trinajstić information content (AvgIpc) is 2.41. The first-order valence-electron chi connectivity index (χ1n) is 8.04. The van der Waals surface area contributed by atoms with Crippen LogP contribution in [-0.2, 0) is 4.74 Å². The van der Waals surface area contributed by atoms with Crippen molar-refractivity contribution in [3.05, 3.63) is 0 Å². The zero-order valence-electron chi connectivity index (χ0n) is 12.2. The lowest BCUT2D eigenvalue weighted by molar-refractivity contribution is -0.0112. The van der Waals surface area contributed by atoms with Crippen molar-refractivity contribution in [1.82, 2.24) is 0 Å². The van der Waals surface area contributed by atoms with E-state index in [-0.39, 0.29) is 6.04 Å². The van der Waals surface area contributed by atoms with Gasteiger partial charge in [-0.15, -0.1) is 0 Å². The highest BCUT2D eigenvalue weighted by molar-refractivity contribution is 4.79. The summed E-state index contributed by atoms with van der Waals surface area (Å²) in [7, 11) is 0. The quantitative estimate of drug-likeness (QED) is 0.828. The Balaban J connectivity index is 1.67. The van der Waals surface area contributed by atoms with E-state index in [1.807, 2.05) is 0 Å². The van der Waals surface area contributed by atoms with Crippen LogP contribution in [0.2, 0.25) is 0 Å². The summed E-state index contributed by atoms with van der Waals surface area (Å²) in [5.41, 5.74) is 6.30. The first-order valence-corrected chi connectivity index (χ1v) is 8.04. The molecule has 4 atom stereocenters. The van der Waals surface area contributed by atoms with E-state index in [0.29, 0.717) is 6.10 Å². The van der Waals surface area contributed by atoms with Crippen molar-refractivity contribution in [3.8, 4) is 0 Å². The Bertz CT molecular complexity index is 235. The lowest BCUT2D eigenvalue weighted by Crippen LogP contribution is -2.38. The Labute approximate surface area is 113 Å². The Hall–Kier alpha value is -0.0800. The first-order chi connectivity index (χ1) is 8.66. The molecule has 2 aliphatic rings. The van der Waals surface area contributed by atoms with Crippen LogP contribution in [0.15, 0.2) is 0 Å². The molecule has 0 aromatic carbocycles. The van der Waals surface area contributed by atoms with E-state index in [9.17, 15) is 0 Å². The van der Waals surface area contributed by atoms with Crippen LogP contribution in [0.25, 0.3) is 0 Å². The van der Waals surface area contributed by atoms with Crippen molar-refractivity contribution >= 4 is 0 Å². The van der Waals surface area contributed by atoms with Crippen LogP contribution in [-0.4, -0.2) is 18.8 Å². The Morgan fingerprint density at radius 3 is 2.39 bits per heavy atom. The van der Waals surface area contributed by atoms with E-state index in [4.69, 9.17) is 10.5 Å². The van der Waals surface area contributed by atoms with Crippen molar-refractivity contribution in [1.29, 1.82) is 0 Å². The summed E-state index contributed by atoms with van der Waals surface area (Å²) in [5.74, 6) is 2.41. The fraction of sp³-hybridized carbons (Fsp3) is 1.00. The van der Waals surface area contributed by atoms with E-state index >= 15 is 0 Å². The second kappa shape index (κ2) is 6.91.